The van der Waals surface area contributed by atoms with E-state index < -0.39 is 33.0 Å². The summed E-state index contributed by atoms with van der Waals surface area (Å²) in [6.07, 6.45) is 0. The van der Waals surface area contributed by atoms with Crippen molar-refractivity contribution in [2.75, 3.05) is 5.75 Å². The molecule has 0 bridgehead atoms. The van der Waals surface area contributed by atoms with Crippen LogP contribution in [0, 0.1) is 11.6 Å². The molecule has 0 amide bonds. The summed E-state index contributed by atoms with van der Waals surface area (Å²) in [6.45, 7) is 0. The van der Waals surface area contributed by atoms with Gasteiger partial charge in [-0.05, 0) is 30.3 Å². The molecule has 20 heavy (non-hydrogen) atoms. The lowest BCUT2D eigenvalue weighted by atomic mass is 10.1. The van der Waals surface area contributed by atoms with Crippen LogP contribution in [0.1, 0.15) is 10.4 Å². The molecule has 0 unspecified atom stereocenters. The number of Topliss-reactive ketones (excluding diaryl/α,β-unsaturated/α-hetero) is 1. The summed E-state index contributed by atoms with van der Waals surface area (Å²) in [5.41, 5.74) is -0.177. The van der Waals surface area contributed by atoms with Gasteiger partial charge in [0, 0.05) is 5.56 Å². The molecule has 2 rings (SSSR count). The maximum absolute atomic E-state index is 13.0. The molecule has 0 aliphatic carbocycles. The van der Waals surface area contributed by atoms with Gasteiger partial charge < -0.3 is 0 Å². The quantitative estimate of drug-likeness (QED) is 0.815. The van der Waals surface area contributed by atoms with Crippen LogP contribution >= 0.6 is 0 Å². The maximum Gasteiger partial charge on any atom is 0.185 e. The molecule has 2 aromatic carbocycles. The van der Waals surface area contributed by atoms with Crippen LogP contribution < -0.4 is 0 Å². The van der Waals surface area contributed by atoms with Crippen LogP contribution in [-0.2, 0) is 9.84 Å². The number of sulfone groups is 1. The SMILES string of the molecule is O=C(CS(=O)(=O)c1ccccc1)c1ccc(F)c(F)c1. The van der Waals surface area contributed by atoms with Crippen molar-refractivity contribution >= 4 is 15.6 Å². The number of rotatable bonds is 4. The minimum Gasteiger partial charge on any atom is -0.293 e. The van der Waals surface area contributed by atoms with Gasteiger partial charge in [0.1, 0.15) is 5.75 Å². The van der Waals surface area contributed by atoms with Crippen LogP contribution in [0.3, 0.4) is 0 Å². The lowest BCUT2D eigenvalue weighted by molar-refractivity contribution is 0.102. The molecule has 104 valence electrons. The standard InChI is InChI=1S/C14H10F2O3S/c15-12-7-6-10(8-13(12)16)14(17)9-20(18,19)11-4-2-1-3-5-11/h1-8H,9H2. The number of benzene rings is 2. The molecule has 2 aromatic rings. The van der Waals surface area contributed by atoms with Crippen molar-refractivity contribution < 1.29 is 22.0 Å². The van der Waals surface area contributed by atoms with E-state index in [0.717, 1.165) is 12.1 Å². The molecule has 0 spiro atoms. The molecule has 0 saturated heterocycles. The third kappa shape index (κ3) is 3.08. The normalized spacial score (nSPS) is 11.3. The molecule has 0 N–H and O–H groups in total. The molecule has 0 fully saturated rings. The molecule has 3 nitrogen and oxygen atoms in total. The first-order valence-electron chi connectivity index (χ1n) is 5.66. The number of hydrogen-bond acceptors (Lipinski definition) is 3. The molecule has 0 radical (unpaired) electrons. The van der Waals surface area contributed by atoms with Crippen molar-refractivity contribution in [3.05, 3.63) is 65.7 Å². The average molecular weight is 296 g/mol. The van der Waals surface area contributed by atoms with E-state index in [1.54, 1.807) is 6.07 Å². The average Bonchev–Trinajstić information content (AvgIpc) is 2.42. The first kappa shape index (κ1) is 14.3. The zero-order chi connectivity index (χ0) is 14.8. The summed E-state index contributed by atoms with van der Waals surface area (Å²) in [4.78, 5) is 11.8. The van der Waals surface area contributed by atoms with E-state index in [4.69, 9.17) is 0 Å². The van der Waals surface area contributed by atoms with Gasteiger partial charge in [0.15, 0.2) is 27.3 Å². The first-order valence-corrected chi connectivity index (χ1v) is 7.31. The second-order valence-electron chi connectivity index (χ2n) is 4.12. The van der Waals surface area contributed by atoms with Gasteiger partial charge in [0.25, 0.3) is 0 Å². The Bertz CT molecular complexity index is 740. The smallest absolute Gasteiger partial charge is 0.185 e. The van der Waals surface area contributed by atoms with E-state index in [-0.39, 0.29) is 10.5 Å². The Hall–Kier alpha value is -2.08. The Morgan fingerprint density at radius 3 is 2.20 bits per heavy atom. The zero-order valence-corrected chi connectivity index (χ0v) is 11.0. The summed E-state index contributed by atoms with van der Waals surface area (Å²) in [6, 6.07) is 10.00. The van der Waals surface area contributed by atoms with E-state index in [9.17, 15) is 22.0 Å². The van der Waals surface area contributed by atoms with Gasteiger partial charge in [-0.2, -0.15) is 0 Å². The van der Waals surface area contributed by atoms with Gasteiger partial charge in [0.05, 0.1) is 4.90 Å². The summed E-state index contributed by atoms with van der Waals surface area (Å²) in [5, 5.41) is 0. The Labute approximate surface area is 114 Å². The van der Waals surface area contributed by atoms with Crippen molar-refractivity contribution in [3.8, 4) is 0 Å². The van der Waals surface area contributed by atoms with Gasteiger partial charge in [0.2, 0.25) is 0 Å². The molecular weight excluding hydrogens is 286 g/mol. The third-order valence-electron chi connectivity index (χ3n) is 2.67. The number of carbonyl (C=O) groups excluding carboxylic acids is 1. The van der Waals surface area contributed by atoms with Crippen LogP contribution in [0.15, 0.2) is 53.4 Å². The van der Waals surface area contributed by atoms with Crippen LogP contribution in [0.2, 0.25) is 0 Å². The van der Waals surface area contributed by atoms with Crippen molar-refractivity contribution in [2.45, 2.75) is 4.90 Å². The summed E-state index contributed by atoms with van der Waals surface area (Å²) in [5.74, 6) is -3.85. The fourth-order valence-electron chi connectivity index (χ4n) is 1.64. The fourth-order valence-corrected chi connectivity index (χ4v) is 2.89. The summed E-state index contributed by atoms with van der Waals surface area (Å²) in [7, 11) is -3.80. The Kier molecular flexibility index (Phi) is 3.94. The van der Waals surface area contributed by atoms with Crippen LogP contribution in [0.25, 0.3) is 0 Å². The molecule has 0 aromatic heterocycles. The first-order chi connectivity index (χ1) is 9.40. The van der Waals surface area contributed by atoms with Gasteiger partial charge in [-0.15, -0.1) is 0 Å². The highest BCUT2D eigenvalue weighted by molar-refractivity contribution is 7.92. The highest BCUT2D eigenvalue weighted by atomic mass is 32.2. The molecule has 0 atom stereocenters. The maximum atomic E-state index is 13.0. The van der Waals surface area contributed by atoms with Crippen LogP contribution in [0.5, 0.6) is 0 Å². The number of ketones is 1. The molecule has 0 aliphatic rings. The topological polar surface area (TPSA) is 51.2 Å². The minimum absolute atomic E-state index is 0.0101. The summed E-state index contributed by atoms with van der Waals surface area (Å²) >= 11 is 0. The van der Waals surface area contributed by atoms with Gasteiger partial charge >= 0.3 is 0 Å². The van der Waals surface area contributed by atoms with Crippen molar-refractivity contribution in [3.63, 3.8) is 0 Å². The zero-order valence-electron chi connectivity index (χ0n) is 10.2. The molecular formula is C14H10F2O3S. The number of halogens is 2. The second kappa shape index (κ2) is 5.50. The minimum atomic E-state index is -3.80. The third-order valence-corrected chi connectivity index (χ3v) is 4.30. The molecule has 0 heterocycles. The lowest BCUT2D eigenvalue weighted by Crippen LogP contribution is -2.16. The monoisotopic (exact) mass is 296 g/mol. The van der Waals surface area contributed by atoms with Crippen molar-refractivity contribution in [1.82, 2.24) is 0 Å². The molecule has 0 aliphatic heterocycles. The van der Waals surface area contributed by atoms with E-state index in [2.05, 4.69) is 0 Å². The van der Waals surface area contributed by atoms with Crippen molar-refractivity contribution in [1.29, 1.82) is 0 Å². The highest BCUT2D eigenvalue weighted by Gasteiger charge is 2.20. The van der Waals surface area contributed by atoms with E-state index in [1.807, 2.05) is 0 Å². The largest absolute Gasteiger partial charge is 0.293 e. The predicted octanol–water partition coefficient (Wildman–Crippen LogP) is 2.62. The molecule has 0 saturated carbocycles. The Morgan fingerprint density at radius 2 is 1.60 bits per heavy atom. The Morgan fingerprint density at radius 1 is 0.950 bits per heavy atom. The number of hydrogen-bond donors (Lipinski definition) is 0. The van der Waals surface area contributed by atoms with Gasteiger partial charge in [-0.3, -0.25) is 4.79 Å². The van der Waals surface area contributed by atoms with Crippen LogP contribution in [-0.4, -0.2) is 20.0 Å². The van der Waals surface area contributed by atoms with Crippen LogP contribution in [0.4, 0.5) is 8.78 Å². The van der Waals surface area contributed by atoms with Crippen molar-refractivity contribution in [2.24, 2.45) is 0 Å². The highest BCUT2D eigenvalue weighted by Crippen LogP contribution is 2.14. The lowest BCUT2D eigenvalue weighted by Gasteiger charge is -2.04. The molecule has 6 heteroatoms. The fraction of sp³-hybridized carbons (Fsp3) is 0.0714. The second-order valence-corrected chi connectivity index (χ2v) is 6.11. The van der Waals surface area contributed by atoms with E-state index >= 15 is 0 Å². The van der Waals surface area contributed by atoms with E-state index in [0.29, 0.717) is 6.07 Å². The predicted molar refractivity (Wildman–Crippen MR) is 69.2 cm³/mol. The van der Waals surface area contributed by atoms with Gasteiger partial charge in [-0.1, -0.05) is 18.2 Å². The van der Waals surface area contributed by atoms with Gasteiger partial charge in [-0.25, -0.2) is 17.2 Å². The summed E-state index contributed by atoms with van der Waals surface area (Å²) < 4.78 is 49.7. The number of carbonyl (C=O) groups is 1. The Balaban J connectivity index is 2.25. The van der Waals surface area contributed by atoms with E-state index in [1.165, 1.54) is 24.3 Å².